The van der Waals surface area contributed by atoms with Crippen molar-refractivity contribution in [1.29, 1.82) is 0 Å². The van der Waals surface area contributed by atoms with Gasteiger partial charge in [0.05, 0.1) is 17.6 Å². The molecule has 6 nitrogen and oxygen atoms in total. The zero-order valence-corrected chi connectivity index (χ0v) is 14.6. The first-order valence-corrected chi connectivity index (χ1v) is 8.69. The number of aryl methyl sites for hydroxylation is 1. The van der Waals surface area contributed by atoms with Gasteiger partial charge in [0, 0.05) is 42.7 Å². The van der Waals surface area contributed by atoms with E-state index in [9.17, 15) is 9.18 Å². The Balaban J connectivity index is 1.53. The number of rotatable bonds is 3. The molecule has 3 aromatic rings. The van der Waals surface area contributed by atoms with Crippen LogP contribution in [0.25, 0.3) is 11.3 Å². The summed E-state index contributed by atoms with van der Waals surface area (Å²) in [6.07, 6.45) is 3.25. The normalized spacial score (nSPS) is 14.8. The third-order valence-electron chi connectivity index (χ3n) is 4.81. The second-order valence-electron chi connectivity index (χ2n) is 6.63. The smallest absolute Gasteiger partial charge is 0.254 e. The van der Waals surface area contributed by atoms with E-state index in [0.717, 1.165) is 47.6 Å². The number of halogens is 1. The van der Waals surface area contributed by atoms with Crippen molar-refractivity contribution in [3.8, 4) is 11.3 Å². The lowest BCUT2D eigenvalue weighted by atomic mass is 10.1. The highest BCUT2D eigenvalue weighted by Gasteiger charge is 2.19. The Hall–Kier alpha value is -2.80. The standard InChI is InChI=1S/C19H20FN5O/c1-12-22-17-7-9-25(8-6-16(17)19(26)23-12)11-14-10-21-24-18(14)13-2-4-15(20)5-3-13/h2-5,10H,6-9,11H2,1H3,(H,21,24)(H,22,23,26). The van der Waals surface area contributed by atoms with Crippen molar-refractivity contribution >= 4 is 0 Å². The molecule has 3 heterocycles. The van der Waals surface area contributed by atoms with Crippen LogP contribution in [0, 0.1) is 12.7 Å². The molecule has 0 radical (unpaired) electrons. The molecule has 0 unspecified atom stereocenters. The van der Waals surface area contributed by atoms with E-state index in [1.165, 1.54) is 12.1 Å². The summed E-state index contributed by atoms with van der Waals surface area (Å²) in [6.45, 7) is 4.14. The Morgan fingerprint density at radius 3 is 2.77 bits per heavy atom. The van der Waals surface area contributed by atoms with Crippen LogP contribution < -0.4 is 5.56 Å². The quantitative estimate of drug-likeness (QED) is 0.757. The highest BCUT2D eigenvalue weighted by Crippen LogP contribution is 2.23. The fraction of sp³-hybridized carbons (Fsp3) is 0.316. The first-order valence-electron chi connectivity index (χ1n) is 8.69. The van der Waals surface area contributed by atoms with Crippen LogP contribution in [0.2, 0.25) is 0 Å². The van der Waals surface area contributed by atoms with Crippen molar-refractivity contribution in [1.82, 2.24) is 25.1 Å². The highest BCUT2D eigenvalue weighted by atomic mass is 19.1. The van der Waals surface area contributed by atoms with Crippen LogP contribution in [0.3, 0.4) is 0 Å². The van der Waals surface area contributed by atoms with Crippen LogP contribution in [0.15, 0.2) is 35.3 Å². The molecule has 1 aromatic carbocycles. The molecule has 0 saturated carbocycles. The van der Waals surface area contributed by atoms with E-state index in [0.29, 0.717) is 18.8 Å². The molecule has 0 bridgehead atoms. The lowest BCUT2D eigenvalue weighted by molar-refractivity contribution is 0.279. The maximum Gasteiger partial charge on any atom is 0.254 e. The molecule has 0 fully saturated rings. The summed E-state index contributed by atoms with van der Waals surface area (Å²) in [5.74, 6) is 0.406. The third kappa shape index (κ3) is 3.30. The number of hydrogen-bond donors (Lipinski definition) is 2. The summed E-state index contributed by atoms with van der Waals surface area (Å²) < 4.78 is 13.2. The summed E-state index contributed by atoms with van der Waals surface area (Å²) in [5.41, 5.74) is 4.54. The topological polar surface area (TPSA) is 77.7 Å². The Morgan fingerprint density at radius 2 is 1.96 bits per heavy atom. The van der Waals surface area contributed by atoms with Gasteiger partial charge in [0.15, 0.2) is 0 Å². The Labute approximate surface area is 150 Å². The zero-order chi connectivity index (χ0) is 18.1. The van der Waals surface area contributed by atoms with E-state index >= 15 is 0 Å². The summed E-state index contributed by atoms with van der Waals surface area (Å²) in [4.78, 5) is 21.8. The van der Waals surface area contributed by atoms with Gasteiger partial charge in [-0.3, -0.25) is 14.8 Å². The lowest BCUT2D eigenvalue weighted by Crippen LogP contribution is -2.26. The molecule has 134 valence electrons. The lowest BCUT2D eigenvalue weighted by Gasteiger charge is -2.19. The molecule has 26 heavy (non-hydrogen) atoms. The van der Waals surface area contributed by atoms with Gasteiger partial charge in [-0.15, -0.1) is 0 Å². The van der Waals surface area contributed by atoms with Gasteiger partial charge in [0.25, 0.3) is 5.56 Å². The number of H-pyrrole nitrogens is 2. The number of fused-ring (bicyclic) bond motifs is 1. The summed E-state index contributed by atoms with van der Waals surface area (Å²) in [7, 11) is 0. The van der Waals surface area contributed by atoms with E-state index < -0.39 is 0 Å². The summed E-state index contributed by atoms with van der Waals surface area (Å²) in [6, 6.07) is 6.39. The van der Waals surface area contributed by atoms with Gasteiger partial charge in [0.2, 0.25) is 0 Å². The van der Waals surface area contributed by atoms with Crippen molar-refractivity contribution in [2.45, 2.75) is 26.3 Å². The van der Waals surface area contributed by atoms with Crippen molar-refractivity contribution in [3.05, 3.63) is 69.3 Å². The molecule has 0 saturated heterocycles. The minimum absolute atomic E-state index is 0.0235. The zero-order valence-electron chi connectivity index (χ0n) is 14.6. The van der Waals surface area contributed by atoms with Gasteiger partial charge in [-0.2, -0.15) is 5.10 Å². The molecule has 0 aliphatic carbocycles. The number of nitrogens with zero attached hydrogens (tertiary/aromatic N) is 3. The molecule has 0 spiro atoms. The molecule has 2 N–H and O–H groups in total. The van der Waals surface area contributed by atoms with Crippen LogP contribution in [-0.4, -0.2) is 38.2 Å². The van der Waals surface area contributed by atoms with E-state index in [1.807, 2.05) is 13.1 Å². The van der Waals surface area contributed by atoms with Gasteiger partial charge >= 0.3 is 0 Å². The van der Waals surface area contributed by atoms with Gasteiger partial charge in [-0.25, -0.2) is 9.37 Å². The van der Waals surface area contributed by atoms with Crippen molar-refractivity contribution < 1.29 is 4.39 Å². The second kappa shape index (κ2) is 6.84. The van der Waals surface area contributed by atoms with Crippen molar-refractivity contribution in [3.63, 3.8) is 0 Å². The molecule has 4 rings (SSSR count). The Kier molecular flexibility index (Phi) is 4.38. The van der Waals surface area contributed by atoms with Crippen LogP contribution in [0.5, 0.6) is 0 Å². The minimum atomic E-state index is -0.256. The molecule has 1 aliphatic heterocycles. The summed E-state index contributed by atoms with van der Waals surface area (Å²) in [5, 5.41) is 7.18. The highest BCUT2D eigenvalue weighted by molar-refractivity contribution is 5.62. The predicted molar refractivity (Wildman–Crippen MR) is 96.3 cm³/mol. The minimum Gasteiger partial charge on any atom is -0.311 e. The fourth-order valence-electron chi connectivity index (χ4n) is 3.48. The first kappa shape index (κ1) is 16.7. The van der Waals surface area contributed by atoms with Crippen LogP contribution in [0.1, 0.15) is 22.6 Å². The maximum absolute atomic E-state index is 13.2. The SMILES string of the molecule is Cc1nc2c(c(=O)[nH]1)CCN(Cc1cn[nH]c1-c1ccc(F)cc1)CC2. The Morgan fingerprint density at radius 1 is 1.19 bits per heavy atom. The van der Waals surface area contributed by atoms with Crippen LogP contribution >= 0.6 is 0 Å². The van der Waals surface area contributed by atoms with Gasteiger partial charge in [-0.1, -0.05) is 0 Å². The largest absolute Gasteiger partial charge is 0.311 e. The molecule has 1 aliphatic rings. The second-order valence-corrected chi connectivity index (χ2v) is 6.63. The average Bonchev–Trinajstić information content (AvgIpc) is 2.97. The number of aromatic nitrogens is 4. The van der Waals surface area contributed by atoms with Crippen molar-refractivity contribution in [2.24, 2.45) is 0 Å². The van der Waals surface area contributed by atoms with E-state index in [4.69, 9.17) is 0 Å². The molecular formula is C19H20FN5O. The number of aromatic amines is 2. The van der Waals surface area contributed by atoms with Crippen molar-refractivity contribution in [2.75, 3.05) is 13.1 Å². The van der Waals surface area contributed by atoms with Gasteiger partial charge < -0.3 is 4.98 Å². The molecule has 0 amide bonds. The monoisotopic (exact) mass is 353 g/mol. The molecule has 7 heteroatoms. The maximum atomic E-state index is 13.2. The molecular weight excluding hydrogens is 333 g/mol. The third-order valence-corrected chi connectivity index (χ3v) is 4.81. The molecule has 2 aromatic heterocycles. The first-order chi connectivity index (χ1) is 12.6. The van der Waals surface area contributed by atoms with Crippen LogP contribution in [-0.2, 0) is 19.4 Å². The fourth-order valence-corrected chi connectivity index (χ4v) is 3.48. The van der Waals surface area contributed by atoms with E-state index in [2.05, 4.69) is 25.1 Å². The van der Waals surface area contributed by atoms with Gasteiger partial charge in [0.1, 0.15) is 11.6 Å². The van der Waals surface area contributed by atoms with Crippen LogP contribution in [0.4, 0.5) is 4.39 Å². The number of nitrogens with one attached hydrogen (secondary N) is 2. The Bertz CT molecular complexity index is 976. The van der Waals surface area contributed by atoms with Gasteiger partial charge in [-0.05, 0) is 37.6 Å². The predicted octanol–water partition coefficient (Wildman–Crippen LogP) is 2.21. The summed E-state index contributed by atoms with van der Waals surface area (Å²) >= 11 is 0. The van der Waals surface area contributed by atoms with E-state index in [-0.39, 0.29) is 11.4 Å². The average molecular weight is 353 g/mol. The number of hydrogen-bond acceptors (Lipinski definition) is 4. The number of benzene rings is 1. The van der Waals surface area contributed by atoms with E-state index in [1.54, 1.807) is 12.1 Å². The molecule has 0 atom stereocenters.